The van der Waals surface area contributed by atoms with Crippen molar-refractivity contribution in [3.05, 3.63) is 170 Å². The van der Waals surface area contributed by atoms with E-state index >= 15 is 0 Å². The van der Waals surface area contributed by atoms with Gasteiger partial charge in [0.15, 0.2) is 5.58 Å². The van der Waals surface area contributed by atoms with E-state index in [0.29, 0.717) is 0 Å². The first-order valence-electron chi connectivity index (χ1n) is 15.5. The van der Waals surface area contributed by atoms with Crippen molar-refractivity contribution in [1.29, 1.82) is 0 Å². The summed E-state index contributed by atoms with van der Waals surface area (Å²) >= 11 is 0. The Hall–Kier alpha value is -6.19. The molecular weight excluding hydrogens is 560 g/mol. The van der Waals surface area contributed by atoms with E-state index in [4.69, 9.17) is 4.42 Å². The van der Waals surface area contributed by atoms with E-state index in [0.717, 1.165) is 49.8 Å². The summed E-state index contributed by atoms with van der Waals surface area (Å²) in [6.07, 6.45) is 3.61. The monoisotopic (exact) mass is 588 g/mol. The molecule has 9 rings (SSSR count). The van der Waals surface area contributed by atoms with Crippen LogP contribution in [-0.2, 0) is 0 Å². The Morgan fingerprint density at radius 1 is 0.457 bits per heavy atom. The van der Waals surface area contributed by atoms with Gasteiger partial charge in [-0.3, -0.25) is 4.98 Å². The van der Waals surface area contributed by atoms with Gasteiger partial charge in [-0.25, -0.2) is 0 Å². The summed E-state index contributed by atoms with van der Waals surface area (Å²) in [5, 5.41) is 6.85. The molecule has 0 aliphatic carbocycles. The number of hydrogen-bond donors (Lipinski definition) is 0. The molecule has 0 amide bonds. The molecule has 2 aromatic heterocycles. The second-order valence-electron chi connectivity index (χ2n) is 11.6. The van der Waals surface area contributed by atoms with Gasteiger partial charge in [0.1, 0.15) is 5.58 Å². The van der Waals surface area contributed by atoms with Gasteiger partial charge < -0.3 is 9.32 Å². The van der Waals surface area contributed by atoms with E-state index < -0.39 is 0 Å². The molecule has 0 aliphatic rings. The highest BCUT2D eigenvalue weighted by Gasteiger charge is 2.19. The normalized spacial score (nSPS) is 11.5. The SMILES string of the molecule is c1ccc(-c2ccc(N(c3ccc4c(ccc5c6ccncc6oc45)c3)c3ccccc3-c3ccc4ccccc4c3)cc2)cc1. The van der Waals surface area contributed by atoms with Crippen LogP contribution in [0.5, 0.6) is 0 Å². The van der Waals surface area contributed by atoms with Gasteiger partial charge in [-0.2, -0.15) is 0 Å². The maximum atomic E-state index is 6.33. The fourth-order valence-corrected chi connectivity index (χ4v) is 6.67. The van der Waals surface area contributed by atoms with Gasteiger partial charge in [0.05, 0.1) is 11.9 Å². The van der Waals surface area contributed by atoms with Gasteiger partial charge in [0.25, 0.3) is 0 Å². The molecule has 0 N–H and O–H groups in total. The lowest BCUT2D eigenvalue weighted by molar-refractivity contribution is 0.670. The van der Waals surface area contributed by atoms with Gasteiger partial charge in [0, 0.05) is 39.3 Å². The predicted octanol–water partition coefficient (Wildman–Crippen LogP) is 12.1. The molecule has 3 nitrogen and oxygen atoms in total. The fraction of sp³-hybridized carbons (Fsp3) is 0. The molecule has 2 heterocycles. The van der Waals surface area contributed by atoms with Gasteiger partial charge in [-0.15, -0.1) is 0 Å². The number of furan rings is 1. The van der Waals surface area contributed by atoms with Crippen molar-refractivity contribution in [2.75, 3.05) is 4.90 Å². The zero-order valence-electron chi connectivity index (χ0n) is 25.0. The summed E-state index contributed by atoms with van der Waals surface area (Å²) in [6, 6.07) is 56.4. The summed E-state index contributed by atoms with van der Waals surface area (Å²) in [4.78, 5) is 6.63. The van der Waals surface area contributed by atoms with Crippen molar-refractivity contribution < 1.29 is 4.42 Å². The van der Waals surface area contributed by atoms with Crippen LogP contribution in [0, 0.1) is 0 Å². The first-order valence-corrected chi connectivity index (χ1v) is 15.5. The third kappa shape index (κ3) is 4.41. The second kappa shape index (κ2) is 10.8. The minimum absolute atomic E-state index is 0.804. The summed E-state index contributed by atoms with van der Waals surface area (Å²) in [6.45, 7) is 0. The fourth-order valence-electron chi connectivity index (χ4n) is 6.67. The van der Waals surface area contributed by atoms with Crippen molar-refractivity contribution in [1.82, 2.24) is 4.98 Å². The van der Waals surface area contributed by atoms with Crippen LogP contribution in [0.1, 0.15) is 0 Å². The van der Waals surface area contributed by atoms with Crippen molar-refractivity contribution in [2.24, 2.45) is 0 Å². The number of hydrogen-bond acceptors (Lipinski definition) is 3. The Morgan fingerprint density at radius 3 is 2.04 bits per heavy atom. The van der Waals surface area contributed by atoms with E-state index in [1.165, 1.54) is 33.0 Å². The molecule has 0 unspecified atom stereocenters. The van der Waals surface area contributed by atoms with Gasteiger partial charge >= 0.3 is 0 Å². The highest BCUT2D eigenvalue weighted by atomic mass is 16.3. The van der Waals surface area contributed by atoms with E-state index in [1.807, 2.05) is 12.3 Å². The maximum Gasteiger partial charge on any atom is 0.153 e. The van der Waals surface area contributed by atoms with Crippen LogP contribution < -0.4 is 4.90 Å². The molecule has 0 saturated heterocycles. The molecule has 0 radical (unpaired) electrons. The molecule has 0 spiro atoms. The first-order chi connectivity index (χ1) is 22.8. The number of fused-ring (bicyclic) bond motifs is 6. The van der Waals surface area contributed by atoms with Crippen molar-refractivity contribution in [3.8, 4) is 22.3 Å². The van der Waals surface area contributed by atoms with E-state index in [1.54, 1.807) is 6.20 Å². The standard InChI is InChI=1S/C43H28N2O/c1-2-8-29(9-3-1)31-16-19-35(20-17-31)45(41-13-7-6-12-37(41)33-15-14-30-10-4-5-11-32(30)26-33)36-21-23-38-34(27-36)18-22-40-39-24-25-44-28-42(39)46-43(38)40/h1-28H. The largest absolute Gasteiger partial charge is 0.454 e. The van der Waals surface area contributed by atoms with E-state index in [2.05, 4.69) is 162 Å². The van der Waals surface area contributed by atoms with Crippen LogP contribution in [0.15, 0.2) is 175 Å². The topological polar surface area (TPSA) is 29.3 Å². The van der Waals surface area contributed by atoms with Gasteiger partial charge in [-0.1, -0.05) is 103 Å². The minimum atomic E-state index is 0.804. The highest BCUT2D eigenvalue weighted by molar-refractivity contribution is 6.15. The van der Waals surface area contributed by atoms with E-state index in [-0.39, 0.29) is 0 Å². The Labute approximate surface area is 266 Å². The molecule has 9 aromatic rings. The molecule has 0 bridgehead atoms. The van der Waals surface area contributed by atoms with Crippen LogP contribution >= 0.6 is 0 Å². The van der Waals surface area contributed by atoms with E-state index in [9.17, 15) is 0 Å². The summed E-state index contributed by atoms with van der Waals surface area (Å²) in [5.41, 5.74) is 9.70. The highest BCUT2D eigenvalue weighted by Crippen LogP contribution is 2.43. The molecule has 0 saturated carbocycles. The Bertz CT molecular complexity index is 2530. The number of nitrogens with zero attached hydrogens (tertiary/aromatic N) is 2. The maximum absolute atomic E-state index is 6.33. The average Bonchev–Trinajstić information content (AvgIpc) is 3.52. The van der Waals surface area contributed by atoms with Crippen LogP contribution in [0.4, 0.5) is 17.1 Å². The predicted molar refractivity (Wildman–Crippen MR) is 192 cm³/mol. The van der Waals surface area contributed by atoms with Gasteiger partial charge in [-0.05, 0) is 87.4 Å². The van der Waals surface area contributed by atoms with Crippen LogP contribution in [0.25, 0.3) is 65.7 Å². The lowest BCUT2D eigenvalue weighted by atomic mass is 9.98. The summed E-state index contributed by atoms with van der Waals surface area (Å²) in [5.74, 6) is 0. The zero-order chi connectivity index (χ0) is 30.5. The zero-order valence-corrected chi connectivity index (χ0v) is 25.0. The molecule has 3 heteroatoms. The number of aromatic nitrogens is 1. The number of benzene rings is 7. The minimum Gasteiger partial charge on any atom is -0.454 e. The third-order valence-corrected chi connectivity index (χ3v) is 8.94. The molecule has 0 fully saturated rings. The molecule has 7 aromatic carbocycles. The molecule has 46 heavy (non-hydrogen) atoms. The quantitative estimate of drug-likeness (QED) is 0.200. The molecule has 0 atom stereocenters. The van der Waals surface area contributed by atoms with Crippen molar-refractivity contribution >= 4 is 60.5 Å². The van der Waals surface area contributed by atoms with Crippen molar-refractivity contribution in [3.63, 3.8) is 0 Å². The Balaban J connectivity index is 1.24. The Morgan fingerprint density at radius 2 is 1.15 bits per heavy atom. The molecule has 0 aliphatic heterocycles. The number of anilines is 3. The lowest BCUT2D eigenvalue weighted by Crippen LogP contribution is -2.11. The Kier molecular flexibility index (Phi) is 6.14. The number of para-hydroxylation sites is 1. The van der Waals surface area contributed by atoms with Crippen LogP contribution in [0.3, 0.4) is 0 Å². The average molecular weight is 589 g/mol. The first kappa shape index (κ1) is 26.2. The smallest absolute Gasteiger partial charge is 0.153 e. The number of rotatable bonds is 5. The molecular formula is C43H28N2O. The molecule has 216 valence electrons. The lowest BCUT2D eigenvalue weighted by Gasteiger charge is -2.28. The van der Waals surface area contributed by atoms with Gasteiger partial charge in [0.2, 0.25) is 0 Å². The van der Waals surface area contributed by atoms with Crippen molar-refractivity contribution in [2.45, 2.75) is 0 Å². The number of pyridine rings is 1. The summed E-state index contributed by atoms with van der Waals surface area (Å²) in [7, 11) is 0. The third-order valence-electron chi connectivity index (χ3n) is 8.94. The van der Waals surface area contributed by atoms with Crippen LogP contribution in [-0.4, -0.2) is 4.98 Å². The second-order valence-corrected chi connectivity index (χ2v) is 11.6. The van der Waals surface area contributed by atoms with Crippen LogP contribution in [0.2, 0.25) is 0 Å². The summed E-state index contributed by atoms with van der Waals surface area (Å²) < 4.78 is 6.33.